The zero-order valence-corrected chi connectivity index (χ0v) is 12.7. The zero-order valence-electron chi connectivity index (χ0n) is 11.1. The molecular formula is C14H17BrN2O3. The van der Waals surface area contributed by atoms with E-state index in [1.54, 1.807) is 4.90 Å². The van der Waals surface area contributed by atoms with Crippen LogP contribution in [0.5, 0.6) is 5.75 Å². The maximum Gasteiger partial charge on any atom is 0.239 e. The number of amides is 2. The number of ether oxygens (including phenoxy) is 1. The SMILES string of the molecule is O=C1CN(C(=O)CCCOc2ccc(Br)cc2)CCN1. The highest BCUT2D eigenvalue weighted by Crippen LogP contribution is 2.16. The van der Waals surface area contributed by atoms with Crippen LogP contribution in [-0.4, -0.2) is 43.0 Å². The lowest BCUT2D eigenvalue weighted by atomic mass is 10.2. The summed E-state index contributed by atoms with van der Waals surface area (Å²) in [5, 5.41) is 2.70. The van der Waals surface area contributed by atoms with Gasteiger partial charge < -0.3 is 15.0 Å². The van der Waals surface area contributed by atoms with Gasteiger partial charge in [-0.3, -0.25) is 9.59 Å². The molecule has 0 radical (unpaired) electrons. The van der Waals surface area contributed by atoms with Crippen molar-refractivity contribution in [3.05, 3.63) is 28.7 Å². The molecule has 1 aromatic carbocycles. The molecule has 0 bridgehead atoms. The summed E-state index contributed by atoms with van der Waals surface area (Å²) in [5.74, 6) is 0.716. The molecule has 1 aromatic rings. The third kappa shape index (κ3) is 4.52. The van der Waals surface area contributed by atoms with Crippen LogP contribution >= 0.6 is 15.9 Å². The number of rotatable bonds is 5. The highest BCUT2D eigenvalue weighted by atomic mass is 79.9. The highest BCUT2D eigenvalue weighted by Gasteiger charge is 2.20. The number of halogens is 1. The minimum Gasteiger partial charge on any atom is -0.494 e. The Balaban J connectivity index is 1.66. The number of hydrogen-bond donors (Lipinski definition) is 1. The second-order valence-corrected chi connectivity index (χ2v) is 5.49. The number of nitrogens with zero attached hydrogens (tertiary/aromatic N) is 1. The van der Waals surface area contributed by atoms with Crippen molar-refractivity contribution in [2.24, 2.45) is 0 Å². The Bertz CT molecular complexity index is 476. The van der Waals surface area contributed by atoms with Crippen LogP contribution in [0.4, 0.5) is 0 Å². The Labute approximate surface area is 126 Å². The van der Waals surface area contributed by atoms with Crippen LogP contribution < -0.4 is 10.1 Å². The van der Waals surface area contributed by atoms with Crippen LogP contribution in [0.3, 0.4) is 0 Å². The van der Waals surface area contributed by atoms with E-state index in [1.807, 2.05) is 24.3 Å². The van der Waals surface area contributed by atoms with Gasteiger partial charge in [0.2, 0.25) is 11.8 Å². The number of nitrogens with one attached hydrogen (secondary N) is 1. The van der Waals surface area contributed by atoms with Gasteiger partial charge in [0.05, 0.1) is 13.2 Å². The van der Waals surface area contributed by atoms with Crippen LogP contribution in [0.1, 0.15) is 12.8 Å². The van der Waals surface area contributed by atoms with Crippen LogP contribution in [0.25, 0.3) is 0 Å². The lowest BCUT2D eigenvalue weighted by Gasteiger charge is -2.26. The molecule has 0 aliphatic carbocycles. The Kier molecular flexibility index (Phi) is 5.40. The summed E-state index contributed by atoms with van der Waals surface area (Å²) in [6, 6.07) is 7.57. The monoisotopic (exact) mass is 340 g/mol. The molecule has 0 unspecified atom stereocenters. The lowest BCUT2D eigenvalue weighted by Crippen LogP contribution is -2.49. The van der Waals surface area contributed by atoms with E-state index in [2.05, 4.69) is 21.2 Å². The van der Waals surface area contributed by atoms with Crippen molar-refractivity contribution in [1.82, 2.24) is 10.2 Å². The van der Waals surface area contributed by atoms with E-state index < -0.39 is 0 Å². The molecule has 6 heteroatoms. The predicted octanol–water partition coefficient (Wildman–Crippen LogP) is 1.57. The van der Waals surface area contributed by atoms with Gasteiger partial charge in [-0.1, -0.05) is 15.9 Å². The molecule has 0 spiro atoms. The molecule has 1 fully saturated rings. The first-order valence-electron chi connectivity index (χ1n) is 6.58. The van der Waals surface area contributed by atoms with Gasteiger partial charge in [0, 0.05) is 24.0 Å². The average Bonchev–Trinajstić information content (AvgIpc) is 2.45. The number of carbonyl (C=O) groups is 2. The van der Waals surface area contributed by atoms with E-state index in [0.29, 0.717) is 32.5 Å². The van der Waals surface area contributed by atoms with Gasteiger partial charge in [0.25, 0.3) is 0 Å². The van der Waals surface area contributed by atoms with Crippen molar-refractivity contribution in [3.8, 4) is 5.75 Å². The second kappa shape index (κ2) is 7.28. The summed E-state index contributed by atoms with van der Waals surface area (Å²) in [4.78, 5) is 24.7. The van der Waals surface area contributed by atoms with Gasteiger partial charge in [-0.15, -0.1) is 0 Å². The van der Waals surface area contributed by atoms with E-state index in [1.165, 1.54) is 0 Å². The molecule has 0 aromatic heterocycles. The van der Waals surface area contributed by atoms with Gasteiger partial charge in [-0.2, -0.15) is 0 Å². The fourth-order valence-electron chi connectivity index (χ4n) is 1.95. The molecule has 1 aliphatic rings. The zero-order chi connectivity index (χ0) is 14.4. The number of carbonyl (C=O) groups excluding carboxylic acids is 2. The molecule has 5 nitrogen and oxygen atoms in total. The summed E-state index contributed by atoms with van der Waals surface area (Å²) in [7, 11) is 0. The fraction of sp³-hybridized carbons (Fsp3) is 0.429. The molecular weight excluding hydrogens is 324 g/mol. The summed E-state index contributed by atoms with van der Waals surface area (Å²) in [5.41, 5.74) is 0. The molecule has 1 heterocycles. The van der Waals surface area contributed by atoms with Crippen molar-refractivity contribution in [2.45, 2.75) is 12.8 Å². The third-order valence-electron chi connectivity index (χ3n) is 3.01. The summed E-state index contributed by atoms with van der Waals surface area (Å²) < 4.78 is 6.55. The molecule has 2 rings (SSSR count). The first-order chi connectivity index (χ1) is 9.65. The molecule has 1 N–H and O–H groups in total. The Morgan fingerprint density at radius 2 is 2.10 bits per heavy atom. The standard InChI is InChI=1S/C14H17BrN2O3/c15-11-3-5-12(6-4-11)20-9-1-2-14(19)17-8-7-16-13(18)10-17/h3-6H,1-2,7-10H2,(H,16,18). The second-order valence-electron chi connectivity index (χ2n) is 4.57. The predicted molar refractivity (Wildman–Crippen MR) is 78.5 cm³/mol. The highest BCUT2D eigenvalue weighted by molar-refractivity contribution is 9.10. The lowest BCUT2D eigenvalue weighted by molar-refractivity contribution is -0.138. The van der Waals surface area contributed by atoms with Gasteiger partial charge in [0.1, 0.15) is 5.75 Å². The third-order valence-corrected chi connectivity index (χ3v) is 3.54. The maximum atomic E-state index is 11.9. The summed E-state index contributed by atoms with van der Waals surface area (Å²) >= 11 is 3.36. The Morgan fingerprint density at radius 3 is 2.80 bits per heavy atom. The molecule has 108 valence electrons. The average molecular weight is 341 g/mol. The van der Waals surface area contributed by atoms with E-state index in [0.717, 1.165) is 10.2 Å². The largest absolute Gasteiger partial charge is 0.494 e. The Hall–Kier alpha value is -1.56. The molecule has 20 heavy (non-hydrogen) atoms. The van der Waals surface area contributed by atoms with E-state index in [9.17, 15) is 9.59 Å². The number of piperazine rings is 1. The van der Waals surface area contributed by atoms with Gasteiger partial charge in [-0.25, -0.2) is 0 Å². The van der Waals surface area contributed by atoms with Crippen LogP contribution in [0.15, 0.2) is 28.7 Å². The normalized spacial score (nSPS) is 14.8. The smallest absolute Gasteiger partial charge is 0.239 e. The molecule has 1 aliphatic heterocycles. The maximum absolute atomic E-state index is 11.9. The first kappa shape index (κ1) is 14.8. The molecule has 1 saturated heterocycles. The Morgan fingerprint density at radius 1 is 1.35 bits per heavy atom. The van der Waals surface area contributed by atoms with Gasteiger partial charge in [0.15, 0.2) is 0 Å². The fourth-order valence-corrected chi connectivity index (χ4v) is 2.22. The van der Waals surface area contributed by atoms with Crippen LogP contribution in [-0.2, 0) is 9.59 Å². The van der Waals surface area contributed by atoms with E-state index in [4.69, 9.17) is 4.74 Å². The minimum absolute atomic E-state index is 0.0132. The van der Waals surface area contributed by atoms with Crippen molar-refractivity contribution < 1.29 is 14.3 Å². The van der Waals surface area contributed by atoms with Gasteiger partial charge in [-0.05, 0) is 30.7 Å². The minimum atomic E-state index is -0.0873. The van der Waals surface area contributed by atoms with E-state index >= 15 is 0 Å². The molecule has 0 saturated carbocycles. The van der Waals surface area contributed by atoms with Crippen molar-refractivity contribution >= 4 is 27.7 Å². The summed E-state index contributed by atoms with van der Waals surface area (Å²) in [6.07, 6.45) is 1.05. The number of benzene rings is 1. The van der Waals surface area contributed by atoms with E-state index in [-0.39, 0.29) is 18.4 Å². The quantitative estimate of drug-likeness (QED) is 0.827. The number of hydrogen-bond acceptors (Lipinski definition) is 3. The van der Waals surface area contributed by atoms with Crippen molar-refractivity contribution in [1.29, 1.82) is 0 Å². The molecule has 2 amide bonds. The topological polar surface area (TPSA) is 58.6 Å². The van der Waals surface area contributed by atoms with Crippen LogP contribution in [0, 0.1) is 0 Å². The van der Waals surface area contributed by atoms with Crippen molar-refractivity contribution in [2.75, 3.05) is 26.2 Å². The van der Waals surface area contributed by atoms with Crippen LogP contribution in [0.2, 0.25) is 0 Å². The van der Waals surface area contributed by atoms with Crippen molar-refractivity contribution in [3.63, 3.8) is 0 Å². The first-order valence-corrected chi connectivity index (χ1v) is 7.37. The molecule has 0 atom stereocenters. The van der Waals surface area contributed by atoms with Gasteiger partial charge >= 0.3 is 0 Å². The summed E-state index contributed by atoms with van der Waals surface area (Å²) in [6.45, 7) is 1.80.